The molecule has 6 heteroatoms. The van der Waals surface area contributed by atoms with Crippen molar-refractivity contribution in [1.29, 1.82) is 0 Å². The molecular formula is C14H19FN2O2S. The maximum atomic E-state index is 13.9. The maximum absolute atomic E-state index is 13.9. The van der Waals surface area contributed by atoms with E-state index in [0.717, 1.165) is 24.4 Å². The molecule has 0 saturated heterocycles. The lowest BCUT2D eigenvalue weighted by Crippen LogP contribution is -2.19. The van der Waals surface area contributed by atoms with Crippen molar-refractivity contribution in [2.45, 2.75) is 30.6 Å². The summed E-state index contributed by atoms with van der Waals surface area (Å²) in [6.07, 6.45) is 5.15. The van der Waals surface area contributed by atoms with Crippen molar-refractivity contribution in [2.75, 3.05) is 11.9 Å². The normalized spacial score (nSPS) is 19.4. The van der Waals surface area contributed by atoms with Crippen LogP contribution in [0.15, 0.2) is 23.1 Å². The van der Waals surface area contributed by atoms with Crippen LogP contribution in [0.3, 0.4) is 0 Å². The lowest BCUT2D eigenvalue weighted by molar-refractivity contribution is 0.427. The summed E-state index contributed by atoms with van der Waals surface area (Å²) in [5, 5.41) is 8.10. The van der Waals surface area contributed by atoms with Gasteiger partial charge in [-0.25, -0.2) is 17.9 Å². The van der Waals surface area contributed by atoms with Gasteiger partial charge in [-0.15, -0.1) is 0 Å². The molecule has 4 nitrogen and oxygen atoms in total. The minimum absolute atomic E-state index is 0.193. The molecule has 2 saturated carbocycles. The molecule has 0 aromatic heterocycles. The highest BCUT2D eigenvalue weighted by atomic mass is 32.2. The molecule has 0 radical (unpaired) electrons. The summed E-state index contributed by atoms with van der Waals surface area (Å²) in [7, 11) is -3.85. The summed E-state index contributed by atoms with van der Waals surface area (Å²) in [6.45, 7) is 0.765. The molecule has 3 N–H and O–H groups in total. The summed E-state index contributed by atoms with van der Waals surface area (Å²) < 4.78 is 36.2. The molecule has 20 heavy (non-hydrogen) atoms. The predicted octanol–water partition coefficient (Wildman–Crippen LogP) is 2.32. The number of hydrogen-bond acceptors (Lipinski definition) is 3. The molecule has 0 heterocycles. The Hall–Kier alpha value is -1.14. The van der Waals surface area contributed by atoms with Gasteiger partial charge in [-0.2, -0.15) is 0 Å². The average Bonchev–Trinajstić information content (AvgIpc) is 3.24. The molecule has 0 bridgehead atoms. The zero-order chi connectivity index (χ0) is 14.3. The summed E-state index contributed by atoms with van der Waals surface area (Å²) in [5.74, 6) is 1.65. The lowest BCUT2D eigenvalue weighted by Gasteiger charge is -2.17. The summed E-state index contributed by atoms with van der Waals surface area (Å²) in [4.78, 5) is -0.193. The molecule has 0 aliphatic heterocycles. The fraction of sp³-hybridized carbons (Fsp3) is 0.571. The number of nitrogens with one attached hydrogen (secondary N) is 1. The number of hydrogen-bond donors (Lipinski definition) is 2. The number of primary sulfonamides is 1. The molecule has 1 aromatic rings. The first-order valence-electron chi connectivity index (χ1n) is 7.01. The van der Waals surface area contributed by atoms with Gasteiger partial charge in [0.15, 0.2) is 0 Å². The van der Waals surface area contributed by atoms with Crippen LogP contribution in [0.4, 0.5) is 10.1 Å². The Morgan fingerprint density at radius 3 is 2.30 bits per heavy atom. The van der Waals surface area contributed by atoms with Gasteiger partial charge in [0.1, 0.15) is 5.82 Å². The third-order valence-electron chi connectivity index (χ3n) is 4.25. The monoisotopic (exact) mass is 298 g/mol. The molecular weight excluding hydrogens is 279 g/mol. The van der Waals surface area contributed by atoms with E-state index in [-0.39, 0.29) is 4.90 Å². The van der Waals surface area contributed by atoms with Gasteiger partial charge >= 0.3 is 0 Å². The third kappa shape index (κ3) is 3.12. The smallest absolute Gasteiger partial charge is 0.238 e. The van der Waals surface area contributed by atoms with Gasteiger partial charge in [0, 0.05) is 6.54 Å². The van der Waals surface area contributed by atoms with E-state index in [2.05, 4.69) is 5.32 Å². The van der Waals surface area contributed by atoms with Crippen LogP contribution in [-0.4, -0.2) is 15.0 Å². The Kier molecular flexibility index (Phi) is 3.46. The molecule has 1 aromatic carbocycles. The van der Waals surface area contributed by atoms with Gasteiger partial charge in [-0.3, -0.25) is 0 Å². The van der Waals surface area contributed by atoms with E-state index in [9.17, 15) is 12.8 Å². The first-order valence-corrected chi connectivity index (χ1v) is 8.56. The van der Waals surface area contributed by atoms with Crippen LogP contribution in [0.2, 0.25) is 0 Å². The SMILES string of the molecule is NS(=O)(=O)c1ccc(NCC(C2CC2)C2CC2)c(F)c1. The van der Waals surface area contributed by atoms with Crippen molar-refractivity contribution in [3.05, 3.63) is 24.0 Å². The van der Waals surface area contributed by atoms with E-state index in [1.54, 1.807) is 0 Å². The van der Waals surface area contributed by atoms with Gasteiger partial charge in [0.25, 0.3) is 0 Å². The number of anilines is 1. The molecule has 3 rings (SSSR count). The zero-order valence-electron chi connectivity index (χ0n) is 11.2. The van der Waals surface area contributed by atoms with E-state index >= 15 is 0 Å². The Bertz CT molecular complexity index is 598. The maximum Gasteiger partial charge on any atom is 0.238 e. The largest absolute Gasteiger partial charge is 0.382 e. The first kappa shape index (κ1) is 13.8. The fourth-order valence-electron chi connectivity index (χ4n) is 2.81. The van der Waals surface area contributed by atoms with Crippen LogP contribution in [-0.2, 0) is 10.0 Å². The van der Waals surface area contributed by atoms with Crippen LogP contribution in [0.1, 0.15) is 25.7 Å². The Labute approximate surface area is 118 Å². The van der Waals surface area contributed by atoms with Gasteiger partial charge in [-0.05, 0) is 61.6 Å². The van der Waals surface area contributed by atoms with E-state index in [1.807, 2.05) is 0 Å². The number of rotatable bonds is 6. The Balaban J connectivity index is 1.68. The lowest BCUT2D eigenvalue weighted by atomic mass is 9.98. The van der Waals surface area contributed by atoms with Gasteiger partial charge < -0.3 is 5.32 Å². The van der Waals surface area contributed by atoms with Gasteiger partial charge in [0.05, 0.1) is 10.6 Å². The second-order valence-electron chi connectivity index (χ2n) is 5.91. The molecule has 2 aliphatic rings. The molecule has 0 atom stereocenters. The molecule has 110 valence electrons. The highest BCUT2D eigenvalue weighted by Crippen LogP contribution is 2.49. The fourth-order valence-corrected chi connectivity index (χ4v) is 3.34. The van der Waals surface area contributed by atoms with Crippen LogP contribution in [0, 0.1) is 23.6 Å². The molecule has 0 unspecified atom stereocenters. The Morgan fingerprint density at radius 1 is 1.25 bits per heavy atom. The van der Waals surface area contributed by atoms with Crippen LogP contribution < -0.4 is 10.5 Å². The van der Waals surface area contributed by atoms with Crippen molar-refractivity contribution < 1.29 is 12.8 Å². The number of benzene rings is 1. The molecule has 0 spiro atoms. The standard InChI is InChI=1S/C14H19FN2O2S/c15-13-7-11(20(16,18)19)5-6-14(13)17-8-12(9-1-2-9)10-3-4-10/h5-7,9-10,12,17H,1-4,8H2,(H2,16,18,19). The van der Waals surface area contributed by atoms with Crippen LogP contribution in [0.5, 0.6) is 0 Å². The number of halogens is 1. The van der Waals surface area contributed by atoms with Gasteiger partial charge in [-0.1, -0.05) is 0 Å². The van der Waals surface area contributed by atoms with E-state index in [4.69, 9.17) is 5.14 Å². The average molecular weight is 298 g/mol. The molecule has 2 fully saturated rings. The van der Waals surface area contributed by atoms with E-state index < -0.39 is 15.8 Å². The Morgan fingerprint density at radius 2 is 1.85 bits per heavy atom. The van der Waals surface area contributed by atoms with Crippen molar-refractivity contribution >= 4 is 15.7 Å². The summed E-state index contributed by atoms with van der Waals surface area (Å²) in [5.41, 5.74) is 0.351. The minimum Gasteiger partial charge on any atom is -0.382 e. The quantitative estimate of drug-likeness (QED) is 0.846. The summed E-state index contributed by atoms with van der Waals surface area (Å²) in [6, 6.07) is 3.76. The van der Waals surface area contributed by atoms with E-state index in [1.165, 1.54) is 37.8 Å². The highest BCUT2D eigenvalue weighted by Gasteiger charge is 2.41. The highest BCUT2D eigenvalue weighted by molar-refractivity contribution is 7.89. The molecule has 2 aliphatic carbocycles. The van der Waals surface area contributed by atoms with Crippen molar-refractivity contribution in [3.8, 4) is 0 Å². The summed E-state index contributed by atoms with van der Waals surface area (Å²) >= 11 is 0. The second-order valence-corrected chi connectivity index (χ2v) is 7.47. The first-order chi connectivity index (χ1) is 9.45. The topological polar surface area (TPSA) is 72.2 Å². The predicted molar refractivity (Wildman–Crippen MR) is 75.2 cm³/mol. The van der Waals surface area contributed by atoms with E-state index in [0.29, 0.717) is 11.6 Å². The van der Waals surface area contributed by atoms with Crippen LogP contribution in [0.25, 0.3) is 0 Å². The van der Waals surface area contributed by atoms with Crippen molar-refractivity contribution in [1.82, 2.24) is 0 Å². The van der Waals surface area contributed by atoms with Gasteiger partial charge in [0.2, 0.25) is 10.0 Å². The van der Waals surface area contributed by atoms with Crippen LogP contribution >= 0.6 is 0 Å². The zero-order valence-corrected chi connectivity index (χ0v) is 12.0. The number of nitrogens with two attached hydrogens (primary N) is 1. The van der Waals surface area contributed by atoms with Crippen molar-refractivity contribution in [2.24, 2.45) is 22.9 Å². The molecule has 0 amide bonds. The van der Waals surface area contributed by atoms with Crippen molar-refractivity contribution in [3.63, 3.8) is 0 Å². The second kappa shape index (κ2) is 5.00. The third-order valence-corrected chi connectivity index (χ3v) is 5.16. The minimum atomic E-state index is -3.85. The number of sulfonamides is 1.